The summed E-state index contributed by atoms with van der Waals surface area (Å²) in [4.78, 5) is 14.4. The summed E-state index contributed by atoms with van der Waals surface area (Å²) in [5.41, 5.74) is 5.59. The van der Waals surface area contributed by atoms with Crippen LogP contribution in [0, 0.1) is 6.92 Å². The van der Waals surface area contributed by atoms with Crippen LogP contribution in [0.5, 0.6) is 0 Å². The van der Waals surface area contributed by atoms with Gasteiger partial charge in [-0.25, -0.2) is 4.98 Å². The molecular formula is C31H42ClN7. The molecule has 5 rings (SSSR count). The predicted octanol–water partition coefficient (Wildman–Crippen LogP) is 6.88. The van der Waals surface area contributed by atoms with Crippen molar-refractivity contribution >= 4 is 40.4 Å². The summed E-state index contributed by atoms with van der Waals surface area (Å²) in [5.74, 6) is 1.09. The number of piperidine rings is 2. The van der Waals surface area contributed by atoms with Gasteiger partial charge < -0.3 is 25.8 Å². The van der Waals surface area contributed by atoms with E-state index in [1.54, 1.807) is 6.20 Å². The summed E-state index contributed by atoms with van der Waals surface area (Å²) in [6.07, 6.45) is 8.29. The summed E-state index contributed by atoms with van der Waals surface area (Å²) >= 11 is 6.49. The molecule has 0 spiro atoms. The number of benzene rings is 2. The summed E-state index contributed by atoms with van der Waals surface area (Å²) in [7, 11) is 0. The number of nitrogens with zero attached hydrogens (tertiary/aromatic N) is 4. The van der Waals surface area contributed by atoms with Gasteiger partial charge in [0.2, 0.25) is 5.95 Å². The molecular weight excluding hydrogens is 506 g/mol. The molecule has 0 atom stereocenters. The van der Waals surface area contributed by atoms with Crippen molar-refractivity contribution in [2.24, 2.45) is 0 Å². The zero-order chi connectivity index (χ0) is 27.2. The van der Waals surface area contributed by atoms with Gasteiger partial charge in [-0.15, -0.1) is 0 Å². The highest BCUT2D eigenvalue weighted by Crippen LogP contribution is 2.30. The van der Waals surface area contributed by atoms with Gasteiger partial charge in [-0.2, -0.15) is 4.98 Å². The first kappa shape index (κ1) is 27.7. The molecule has 7 nitrogen and oxygen atoms in total. The lowest BCUT2D eigenvalue weighted by molar-refractivity contribution is 0.141. The van der Waals surface area contributed by atoms with Crippen molar-refractivity contribution in [1.82, 2.24) is 20.2 Å². The van der Waals surface area contributed by atoms with Crippen molar-refractivity contribution in [2.75, 3.05) is 41.7 Å². The van der Waals surface area contributed by atoms with Gasteiger partial charge in [-0.05, 0) is 81.1 Å². The third-order valence-electron chi connectivity index (χ3n) is 7.91. The normalized spacial score (nSPS) is 17.0. The lowest BCUT2D eigenvalue weighted by Crippen LogP contribution is -2.46. The van der Waals surface area contributed by atoms with Crippen LogP contribution < -0.4 is 20.9 Å². The zero-order valence-electron chi connectivity index (χ0n) is 23.5. The van der Waals surface area contributed by atoms with E-state index in [1.165, 1.54) is 56.4 Å². The van der Waals surface area contributed by atoms with Crippen LogP contribution in [0.3, 0.4) is 0 Å². The minimum Gasteiger partial charge on any atom is -0.371 e. The summed E-state index contributed by atoms with van der Waals surface area (Å²) in [6, 6.07) is 16.0. The summed E-state index contributed by atoms with van der Waals surface area (Å²) < 4.78 is 0. The van der Waals surface area contributed by atoms with E-state index >= 15 is 0 Å². The maximum absolute atomic E-state index is 6.49. The van der Waals surface area contributed by atoms with Gasteiger partial charge in [-0.3, -0.25) is 0 Å². The molecule has 0 radical (unpaired) electrons. The van der Waals surface area contributed by atoms with Crippen LogP contribution in [0.25, 0.3) is 0 Å². The number of aromatic nitrogens is 2. The van der Waals surface area contributed by atoms with Gasteiger partial charge in [0.1, 0.15) is 5.02 Å². The lowest BCUT2D eigenvalue weighted by atomic mass is 9.99. The molecule has 2 aliphatic rings. The lowest BCUT2D eigenvalue weighted by Gasteiger charge is -2.41. The van der Waals surface area contributed by atoms with Crippen molar-refractivity contribution in [2.45, 2.75) is 71.5 Å². The number of para-hydroxylation sites is 1. The Balaban J connectivity index is 1.23. The molecule has 2 saturated heterocycles. The van der Waals surface area contributed by atoms with E-state index in [-0.39, 0.29) is 0 Å². The Labute approximate surface area is 238 Å². The van der Waals surface area contributed by atoms with Crippen molar-refractivity contribution in [3.63, 3.8) is 0 Å². The second kappa shape index (κ2) is 13.0. The van der Waals surface area contributed by atoms with Crippen LogP contribution in [0.4, 0.5) is 28.8 Å². The highest BCUT2D eigenvalue weighted by atomic mass is 35.5. The first-order valence-electron chi connectivity index (χ1n) is 14.4. The SMILES string of the molecule is Cc1cc(N2CCC(N3CCCCC3)CC2)ccc1Nc1ncc(Cl)c(Nc2ccccc2CNC(C)C)n1. The minimum absolute atomic E-state index is 0.400. The van der Waals surface area contributed by atoms with Gasteiger partial charge >= 0.3 is 0 Å². The van der Waals surface area contributed by atoms with E-state index in [2.05, 4.69) is 75.8 Å². The Morgan fingerprint density at radius 3 is 2.46 bits per heavy atom. The van der Waals surface area contributed by atoms with E-state index in [0.717, 1.165) is 42.6 Å². The second-order valence-corrected chi connectivity index (χ2v) is 11.6. The van der Waals surface area contributed by atoms with Crippen molar-refractivity contribution < 1.29 is 0 Å². The maximum Gasteiger partial charge on any atom is 0.229 e. The molecule has 39 heavy (non-hydrogen) atoms. The Hall–Kier alpha value is -2.87. The quantitative estimate of drug-likeness (QED) is 0.270. The Morgan fingerprint density at radius 1 is 0.949 bits per heavy atom. The van der Waals surface area contributed by atoms with E-state index < -0.39 is 0 Å². The minimum atomic E-state index is 0.400. The number of likely N-dealkylation sites (tertiary alicyclic amines) is 1. The van der Waals surface area contributed by atoms with Crippen molar-refractivity contribution in [3.8, 4) is 0 Å². The molecule has 2 aromatic carbocycles. The molecule has 1 aromatic heterocycles. The number of hydrogen-bond acceptors (Lipinski definition) is 7. The first-order valence-corrected chi connectivity index (χ1v) is 14.8. The van der Waals surface area contributed by atoms with Crippen LogP contribution in [0.1, 0.15) is 57.1 Å². The van der Waals surface area contributed by atoms with Crippen molar-refractivity contribution in [3.05, 3.63) is 64.8 Å². The Kier molecular flexibility index (Phi) is 9.22. The standard InChI is InChI=1S/C31H42ClN7/c1-22(2)33-20-24-9-5-6-10-29(24)35-30-27(32)21-34-31(37-30)36-28-12-11-26(19-23(28)3)39-17-13-25(14-18-39)38-15-7-4-8-16-38/h5-6,9-12,19,21-22,25,33H,4,7-8,13-18,20H2,1-3H3,(H2,34,35,36,37). The van der Waals surface area contributed by atoms with Crippen LogP contribution in [-0.2, 0) is 6.54 Å². The second-order valence-electron chi connectivity index (χ2n) is 11.1. The van der Waals surface area contributed by atoms with Crippen LogP contribution >= 0.6 is 11.6 Å². The number of anilines is 5. The van der Waals surface area contributed by atoms with Gasteiger partial charge in [0.15, 0.2) is 5.82 Å². The fourth-order valence-electron chi connectivity index (χ4n) is 5.63. The van der Waals surface area contributed by atoms with Crippen LogP contribution in [-0.4, -0.2) is 53.1 Å². The van der Waals surface area contributed by atoms with E-state index in [1.807, 2.05) is 18.2 Å². The zero-order valence-corrected chi connectivity index (χ0v) is 24.3. The molecule has 0 aliphatic carbocycles. The molecule has 0 amide bonds. The average Bonchev–Trinajstić information content (AvgIpc) is 2.96. The Morgan fingerprint density at radius 2 is 1.72 bits per heavy atom. The molecule has 2 fully saturated rings. The molecule has 3 aromatic rings. The maximum atomic E-state index is 6.49. The highest BCUT2D eigenvalue weighted by Gasteiger charge is 2.25. The van der Waals surface area contributed by atoms with E-state index in [9.17, 15) is 0 Å². The van der Waals surface area contributed by atoms with Crippen LogP contribution in [0.2, 0.25) is 5.02 Å². The molecule has 8 heteroatoms. The number of halogens is 1. The molecule has 3 N–H and O–H groups in total. The van der Waals surface area contributed by atoms with E-state index in [0.29, 0.717) is 22.8 Å². The molecule has 3 heterocycles. The van der Waals surface area contributed by atoms with Crippen LogP contribution in [0.15, 0.2) is 48.7 Å². The molecule has 0 unspecified atom stereocenters. The number of nitrogens with one attached hydrogen (secondary N) is 3. The highest BCUT2D eigenvalue weighted by molar-refractivity contribution is 6.32. The monoisotopic (exact) mass is 547 g/mol. The largest absolute Gasteiger partial charge is 0.371 e. The smallest absolute Gasteiger partial charge is 0.229 e. The van der Waals surface area contributed by atoms with Gasteiger partial charge in [0.05, 0.1) is 6.20 Å². The van der Waals surface area contributed by atoms with Gasteiger partial charge in [0, 0.05) is 48.8 Å². The fourth-order valence-corrected chi connectivity index (χ4v) is 5.77. The number of hydrogen-bond donors (Lipinski definition) is 3. The third kappa shape index (κ3) is 7.21. The molecule has 0 bridgehead atoms. The van der Waals surface area contributed by atoms with Gasteiger partial charge in [-0.1, -0.05) is 50.1 Å². The predicted molar refractivity (Wildman–Crippen MR) is 164 cm³/mol. The third-order valence-corrected chi connectivity index (χ3v) is 8.19. The summed E-state index contributed by atoms with van der Waals surface area (Å²) in [5, 5.41) is 10.8. The molecule has 208 valence electrons. The first-order chi connectivity index (χ1) is 19.0. The molecule has 2 aliphatic heterocycles. The number of aryl methyl sites for hydroxylation is 1. The summed E-state index contributed by atoms with van der Waals surface area (Å²) in [6.45, 7) is 12.0. The fraction of sp³-hybridized carbons (Fsp3) is 0.484. The number of rotatable bonds is 9. The van der Waals surface area contributed by atoms with Crippen molar-refractivity contribution in [1.29, 1.82) is 0 Å². The van der Waals surface area contributed by atoms with Gasteiger partial charge in [0.25, 0.3) is 0 Å². The Bertz CT molecular complexity index is 1230. The average molecular weight is 548 g/mol. The van der Waals surface area contributed by atoms with E-state index in [4.69, 9.17) is 16.6 Å². The topological polar surface area (TPSA) is 68.3 Å². The molecule has 0 saturated carbocycles.